The largest absolute Gasteiger partial charge is 0.383 e. The highest BCUT2D eigenvalue weighted by atomic mass is 16.5. The van der Waals surface area contributed by atoms with Crippen molar-refractivity contribution in [3.63, 3.8) is 0 Å². The molecular weight excluding hydrogens is 400 g/mol. The molecule has 3 aromatic rings. The second-order valence-electron chi connectivity index (χ2n) is 9.37. The van der Waals surface area contributed by atoms with Crippen molar-refractivity contribution in [3.8, 4) is 0 Å². The molecule has 2 aromatic carbocycles. The van der Waals surface area contributed by atoms with Gasteiger partial charge in [-0.05, 0) is 55.9 Å². The molecule has 0 amide bonds. The number of hydrogen-bond acceptors (Lipinski definition) is 4. The van der Waals surface area contributed by atoms with Crippen molar-refractivity contribution in [1.29, 1.82) is 0 Å². The lowest BCUT2D eigenvalue weighted by Crippen LogP contribution is -2.33. The van der Waals surface area contributed by atoms with Gasteiger partial charge in [0, 0.05) is 25.9 Å². The molecule has 32 heavy (non-hydrogen) atoms. The number of para-hydroxylation sites is 1. The maximum atomic E-state index is 12.9. The fraction of sp³-hybridized carbons (Fsp3) is 0.500. The summed E-state index contributed by atoms with van der Waals surface area (Å²) < 4.78 is 7.50. The second-order valence-corrected chi connectivity index (χ2v) is 9.37. The van der Waals surface area contributed by atoms with Crippen LogP contribution in [0.4, 0.5) is 17.1 Å². The number of nitrogens with zero attached hydrogens (tertiary/aromatic N) is 2. The molecule has 0 spiro atoms. The number of nitrogens with one attached hydrogen (secondary N) is 2. The van der Waals surface area contributed by atoms with Crippen LogP contribution in [-0.2, 0) is 11.3 Å². The highest BCUT2D eigenvalue weighted by molar-refractivity contribution is 5.90. The third-order valence-electron chi connectivity index (χ3n) is 7.16. The Kier molecular flexibility index (Phi) is 6.21. The third-order valence-corrected chi connectivity index (χ3v) is 7.16. The quantitative estimate of drug-likeness (QED) is 0.532. The highest BCUT2D eigenvalue weighted by Crippen LogP contribution is 2.37. The molecule has 0 radical (unpaired) electrons. The van der Waals surface area contributed by atoms with Gasteiger partial charge in [0.15, 0.2) is 0 Å². The summed E-state index contributed by atoms with van der Waals surface area (Å²) in [6.07, 6.45) is 8.61. The van der Waals surface area contributed by atoms with E-state index in [2.05, 4.69) is 39.5 Å². The van der Waals surface area contributed by atoms with E-state index >= 15 is 0 Å². The first-order valence-corrected chi connectivity index (χ1v) is 12.1. The van der Waals surface area contributed by atoms with Crippen LogP contribution in [0.3, 0.4) is 0 Å². The van der Waals surface area contributed by atoms with Gasteiger partial charge in [0.2, 0.25) is 0 Å². The Morgan fingerprint density at radius 3 is 2.66 bits per heavy atom. The molecule has 6 heteroatoms. The molecule has 1 aromatic heterocycles. The van der Waals surface area contributed by atoms with Gasteiger partial charge in [-0.1, -0.05) is 37.5 Å². The Bertz CT molecular complexity index is 1100. The van der Waals surface area contributed by atoms with Crippen LogP contribution >= 0.6 is 0 Å². The fourth-order valence-corrected chi connectivity index (χ4v) is 5.54. The lowest BCUT2D eigenvalue weighted by atomic mass is 9.89. The topological polar surface area (TPSA) is 62.3 Å². The third kappa shape index (κ3) is 4.29. The van der Waals surface area contributed by atoms with E-state index in [-0.39, 0.29) is 5.69 Å². The van der Waals surface area contributed by atoms with E-state index in [0.717, 1.165) is 54.0 Å². The molecule has 1 aliphatic heterocycles. The van der Waals surface area contributed by atoms with Gasteiger partial charge in [0.1, 0.15) is 0 Å². The van der Waals surface area contributed by atoms with Crippen LogP contribution in [0.15, 0.2) is 47.3 Å². The van der Waals surface area contributed by atoms with Crippen LogP contribution < -0.4 is 15.9 Å². The van der Waals surface area contributed by atoms with Crippen LogP contribution in [0.1, 0.15) is 44.9 Å². The zero-order valence-electron chi connectivity index (χ0n) is 19.0. The van der Waals surface area contributed by atoms with Gasteiger partial charge in [-0.15, -0.1) is 0 Å². The summed E-state index contributed by atoms with van der Waals surface area (Å²) in [4.78, 5) is 18.5. The molecule has 6 nitrogen and oxygen atoms in total. The van der Waals surface area contributed by atoms with Crippen LogP contribution in [0.5, 0.6) is 0 Å². The van der Waals surface area contributed by atoms with Crippen molar-refractivity contribution >= 4 is 28.1 Å². The minimum Gasteiger partial charge on any atom is -0.383 e. The Morgan fingerprint density at radius 2 is 1.88 bits per heavy atom. The smallest absolute Gasteiger partial charge is 0.326 e. The van der Waals surface area contributed by atoms with Crippen molar-refractivity contribution in [2.24, 2.45) is 5.92 Å². The monoisotopic (exact) mass is 434 g/mol. The van der Waals surface area contributed by atoms with E-state index in [9.17, 15) is 4.79 Å². The molecule has 2 fully saturated rings. The Hall–Kier alpha value is -2.73. The van der Waals surface area contributed by atoms with Gasteiger partial charge in [0.05, 0.1) is 35.1 Å². The molecule has 170 valence electrons. The number of aromatic nitrogens is 2. The summed E-state index contributed by atoms with van der Waals surface area (Å²) in [6.45, 7) is 2.52. The molecule has 2 N–H and O–H groups in total. The SMILES string of the molecule is COCC1CCCN1c1cc2c(cc1Nc1ccccc1)[nH]c(=O)n2CC1CCCCC1. The van der Waals surface area contributed by atoms with Crippen molar-refractivity contribution in [3.05, 3.63) is 52.9 Å². The summed E-state index contributed by atoms with van der Waals surface area (Å²) in [6, 6.07) is 14.9. The zero-order chi connectivity index (χ0) is 21.9. The summed E-state index contributed by atoms with van der Waals surface area (Å²) >= 11 is 0. The van der Waals surface area contributed by atoms with Crippen LogP contribution in [-0.4, -0.2) is 35.9 Å². The van der Waals surface area contributed by atoms with E-state index in [1.807, 2.05) is 22.8 Å². The number of aromatic amines is 1. The molecule has 1 saturated carbocycles. The zero-order valence-corrected chi connectivity index (χ0v) is 19.0. The van der Waals surface area contributed by atoms with E-state index in [4.69, 9.17) is 4.74 Å². The minimum atomic E-state index is 0.00301. The van der Waals surface area contributed by atoms with Gasteiger partial charge in [-0.3, -0.25) is 4.57 Å². The molecule has 1 unspecified atom stereocenters. The Labute approximate surface area is 189 Å². The van der Waals surface area contributed by atoms with Gasteiger partial charge in [-0.25, -0.2) is 4.79 Å². The van der Waals surface area contributed by atoms with Gasteiger partial charge in [0.25, 0.3) is 0 Å². The highest BCUT2D eigenvalue weighted by Gasteiger charge is 2.28. The molecule has 1 atom stereocenters. The normalized spacial score (nSPS) is 19.7. The number of methoxy groups -OCH3 is 1. The summed E-state index contributed by atoms with van der Waals surface area (Å²) in [5.41, 5.74) is 5.13. The van der Waals surface area contributed by atoms with Gasteiger partial charge >= 0.3 is 5.69 Å². The number of H-pyrrole nitrogens is 1. The Morgan fingerprint density at radius 1 is 1.06 bits per heavy atom. The molecule has 1 aliphatic carbocycles. The Balaban J connectivity index is 1.57. The number of anilines is 3. The molecule has 2 heterocycles. The van der Waals surface area contributed by atoms with Crippen LogP contribution in [0.2, 0.25) is 0 Å². The van der Waals surface area contributed by atoms with Crippen molar-refractivity contribution in [2.45, 2.75) is 57.5 Å². The number of ether oxygens (including phenoxy) is 1. The van der Waals surface area contributed by atoms with E-state index in [1.54, 1.807) is 7.11 Å². The standard InChI is InChI=1S/C26H34N4O2/c1-32-18-21-13-8-14-29(21)24-16-25-23(15-22(24)27-20-11-6-3-7-12-20)28-26(31)30(25)17-19-9-4-2-5-10-19/h3,6-7,11-12,15-16,19,21,27H,2,4-5,8-10,13-14,17-18H2,1H3,(H,28,31). The molecule has 0 bridgehead atoms. The summed E-state index contributed by atoms with van der Waals surface area (Å²) in [7, 11) is 1.77. The molecular formula is C26H34N4O2. The second kappa shape index (κ2) is 9.41. The van der Waals surface area contributed by atoms with E-state index in [0.29, 0.717) is 18.6 Å². The fourth-order valence-electron chi connectivity index (χ4n) is 5.54. The minimum absolute atomic E-state index is 0.00301. The van der Waals surface area contributed by atoms with Gasteiger partial charge < -0.3 is 19.9 Å². The average Bonchev–Trinajstić information content (AvgIpc) is 3.39. The first-order chi connectivity index (χ1) is 15.7. The number of hydrogen-bond donors (Lipinski definition) is 2. The van der Waals surface area contributed by atoms with Gasteiger partial charge in [-0.2, -0.15) is 0 Å². The lowest BCUT2D eigenvalue weighted by molar-refractivity contribution is 0.181. The number of benzene rings is 2. The van der Waals surface area contributed by atoms with Crippen molar-refractivity contribution < 1.29 is 4.74 Å². The summed E-state index contributed by atoms with van der Waals surface area (Å²) in [5, 5.41) is 3.60. The maximum absolute atomic E-state index is 12.9. The van der Waals surface area contributed by atoms with Crippen molar-refractivity contribution in [1.82, 2.24) is 9.55 Å². The van der Waals surface area contributed by atoms with Crippen molar-refractivity contribution in [2.75, 3.05) is 30.5 Å². The van der Waals surface area contributed by atoms with Crippen LogP contribution in [0.25, 0.3) is 11.0 Å². The lowest BCUT2D eigenvalue weighted by Gasteiger charge is -2.29. The first-order valence-electron chi connectivity index (χ1n) is 12.1. The molecule has 1 saturated heterocycles. The number of imidazole rings is 1. The average molecular weight is 435 g/mol. The maximum Gasteiger partial charge on any atom is 0.326 e. The molecule has 2 aliphatic rings. The predicted molar refractivity (Wildman–Crippen MR) is 131 cm³/mol. The summed E-state index contributed by atoms with van der Waals surface area (Å²) in [5.74, 6) is 0.596. The number of fused-ring (bicyclic) bond motifs is 1. The van der Waals surface area contributed by atoms with Crippen LogP contribution in [0, 0.1) is 5.92 Å². The molecule has 5 rings (SSSR count). The predicted octanol–water partition coefficient (Wildman–Crippen LogP) is 5.27. The first kappa shape index (κ1) is 21.1. The van der Waals surface area contributed by atoms with E-state index in [1.165, 1.54) is 32.1 Å². The van der Waals surface area contributed by atoms with E-state index < -0.39 is 0 Å². The number of rotatable bonds is 7.